The van der Waals surface area contributed by atoms with E-state index >= 15 is 0 Å². The Morgan fingerprint density at radius 3 is 3.32 bits per heavy atom. The summed E-state index contributed by atoms with van der Waals surface area (Å²) in [6.07, 6.45) is 1.59. The van der Waals surface area contributed by atoms with Crippen molar-refractivity contribution in [3.63, 3.8) is 0 Å². The van der Waals surface area contributed by atoms with Crippen LogP contribution in [0.1, 0.15) is 5.69 Å². The van der Waals surface area contributed by atoms with Crippen LogP contribution in [0.25, 0.3) is 10.8 Å². The molecule has 0 aromatic carbocycles. The molecule has 1 saturated heterocycles. The molecule has 2 aromatic heterocycles. The molecule has 0 radical (unpaired) electrons. The number of amides is 1. The molecule has 2 aromatic rings. The van der Waals surface area contributed by atoms with Gasteiger partial charge in [0.2, 0.25) is 11.8 Å². The summed E-state index contributed by atoms with van der Waals surface area (Å²) < 4.78 is 5.40. The average molecular weight is 295 g/mol. The van der Waals surface area contributed by atoms with Crippen molar-refractivity contribution in [2.45, 2.75) is 12.6 Å². The van der Waals surface area contributed by atoms with Crippen LogP contribution in [-0.4, -0.2) is 28.6 Å². The Kier molecular flexibility index (Phi) is 3.86. The third kappa shape index (κ3) is 2.99. The zero-order valence-electron chi connectivity index (χ0n) is 10.1. The van der Waals surface area contributed by atoms with Gasteiger partial charge in [-0.15, -0.1) is 23.1 Å². The van der Waals surface area contributed by atoms with E-state index in [9.17, 15) is 4.79 Å². The third-order valence-electron chi connectivity index (χ3n) is 2.76. The van der Waals surface area contributed by atoms with Gasteiger partial charge in [0, 0.05) is 11.6 Å². The first kappa shape index (κ1) is 12.7. The molecule has 19 heavy (non-hydrogen) atoms. The van der Waals surface area contributed by atoms with Crippen molar-refractivity contribution in [1.29, 1.82) is 0 Å². The van der Waals surface area contributed by atoms with Gasteiger partial charge in [0.15, 0.2) is 0 Å². The number of carbonyl (C=O) groups excluding carboxylic acids is 1. The van der Waals surface area contributed by atoms with Gasteiger partial charge in [0.25, 0.3) is 0 Å². The Balaban J connectivity index is 1.57. The first-order valence-corrected chi connectivity index (χ1v) is 7.93. The van der Waals surface area contributed by atoms with E-state index in [4.69, 9.17) is 4.42 Å². The highest BCUT2D eigenvalue weighted by Gasteiger charge is 2.22. The molecule has 3 heterocycles. The molecule has 0 spiro atoms. The quantitative estimate of drug-likeness (QED) is 0.898. The molecular formula is C12H13N3O2S2. The van der Waals surface area contributed by atoms with Crippen LogP contribution in [0.4, 0.5) is 0 Å². The van der Waals surface area contributed by atoms with Crippen molar-refractivity contribution in [1.82, 2.24) is 15.6 Å². The fraction of sp³-hybridized carbons (Fsp3) is 0.333. The molecule has 1 aliphatic rings. The smallest absolute Gasteiger partial charge is 0.238 e. The zero-order valence-corrected chi connectivity index (χ0v) is 11.7. The van der Waals surface area contributed by atoms with Crippen LogP contribution in [0, 0.1) is 0 Å². The first-order chi connectivity index (χ1) is 9.33. The molecule has 2 N–H and O–H groups in total. The van der Waals surface area contributed by atoms with Crippen molar-refractivity contribution in [2.75, 3.05) is 11.6 Å². The van der Waals surface area contributed by atoms with E-state index in [1.165, 1.54) is 0 Å². The van der Waals surface area contributed by atoms with Gasteiger partial charge in [0.1, 0.15) is 6.26 Å². The average Bonchev–Trinajstić information content (AvgIpc) is 3.14. The molecule has 0 aliphatic carbocycles. The maximum Gasteiger partial charge on any atom is 0.238 e. The molecule has 1 amide bonds. The number of thiophene rings is 1. The summed E-state index contributed by atoms with van der Waals surface area (Å²) in [5, 5.41) is 7.97. The van der Waals surface area contributed by atoms with Crippen LogP contribution in [0.15, 0.2) is 28.2 Å². The minimum atomic E-state index is -0.0892. The SMILES string of the molecule is O=C(NCc1coc(-c2cccs2)n1)C1CSCN1. The van der Waals surface area contributed by atoms with Crippen LogP contribution in [0.2, 0.25) is 0 Å². The van der Waals surface area contributed by atoms with E-state index in [0.717, 1.165) is 22.2 Å². The van der Waals surface area contributed by atoms with Crippen molar-refractivity contribution >= 4 is 29.0 Å². The Morgan fingerprint density at radius 1 is 1.63 bits per heavy atom. The normalized spacial score (nSPS) is 18.6. The predicted molar refractivity (Wildman–Crippen MR) is 75.9 cm³/mol. The Hall–Kier alpha value is -1.31. The monoisotopic (exact) mass is 295 g/mol. The van der Waals surface area contributed by atoms with Crippen molar-refractivity contribution in [2.24, 2.45) is 0 Å². The second-order valence-electron chi connectivity index (χ2n) is 4.11. The van der Waals surface area contributed by atoms with Gasteiger partial charge in [-0.2, -0.15) is 0 Å². The summed E-state index contributed by atoms with van der Waals surface area (Å²) >= 11 is 3.31. The van der Waals surface area contributed by atoms with Crippen LogP contribution < -0.4 is 10.6 Å². The molecule has 5 nitrogen and oxygen atoms in total. The van der Waals surface area contributed by atoms with Gasteiger partial charge in [-0.25, -0.2) is 4.98 Å². The summed E-state index contributed by atoms with van der Waals surface area (Å²) in [6.45, 7) is 0.399. The van der Waals surface area contributed by atoms with E-state index < -0.39 is 0 Å². The summed E-state index contributed by atoms with van der Waals surface area (Å²) in [5.41, 5.74) is 0.738. The van der Waals surface area contributed by atoms with Crippen LogP contribution in [0.5, 0.6) is 0 Å². The Bertz CT molecular complexity index is 547. The zero-order chi connectivity index (χ0) is 13.1. The minimum Gasteiger partial charge on any atom is -0.443 e. The van der Waals surface area contributed by atoms with E-state index in [0.29, 0.717) is 12.4 Å². The van der Waals surface area contributed by atoms with Crippen LogP contribution in [-0.2, 0) is 11.3 Å². The largest absolute Gasteiger partial charge is 0.443 e. The van der Waals surface area contributed by atoms with Gasteiger partial charge >= 0.3 is 0 Å². The van der Waals surface area contributed by atoms with E-state index in [1.807, 2.05) is 17.5 Å². The molecule has 100 valence electrons. The number of aromatic nitrogens is 1. The second-order valence-corrected chi connectivity index (χ2v) is 6.09. The van der Waals surface area contributed by atoms with Gasteiger partial charge in [-0.1, -0.05) is 6.07 Å². The number of hydrogen-bond acceptors (Lipinski definition) is 6. The molecule has 0 saturated carbocycles. The molecule has 1 atom stereocenters. The van der Waals surface area contributed by atoms with Crippen molar-refractivity contribution in [3.8, 4) is 10.8 Å². The standard InChI is InChI=1S/C12H13N3O2S2/c16-11(9-6-18-7-14-9)13-4-8-5-17-12(15-8)10-2-1-3-19-10/h1-3,5,9,14H,4,6-7H2,(H,13,16). The van der Waals surface area contributed by atoms with Gasteiger partial charge in [-0.3, -0.25) is 10.1 Å². The number of thioether (sulfide) groups is 1. The molecule has 1 aliphatic heterocycles. The maximum atomic E-state index is 11.8. The lowest BCUT2D eigenvalue weighted by Crippen LogP contribution is -2.41. The number of hydrogen-bond donors (Lipinski definition) is 2. The first-order valence-electron chi connectivity index (χ1n) is 5.90. The van der Waals surface area contributed by atoms with Crippen molar-refractivity contribution in [3.05, 3.63) is 29.5 Å². The summed E-state index contributed by atoms with van der Waals surface area (Å²) in [5.74, 6) is 2.29. The highest BCUT2D eigenvalue weighted by atomic mass is 32.2. The molecule has 1 fully saturated rings. The van der Waals surface area contributed by atoms with Gasteiger partial charge < -0.3 is 9.73 Å². The Morgan fingerprint density at radius 2 is 2.58 bits per heavy atom. The summed E-state index contributed by atoms with van der Waals surface area (Å²) in [4.78, 5) is 17.2. The Labute approximate surface area is 118 Å². The number of oxazole rings is 1. The molecule has 7 heteroatoms. The van der Waals surface area contributed by atoms with Crippen LogP contribution in [0.3, 0.4) is 0 Å². The lowest BCUT2D eigenvalue weighted by atomic mass is 10.3. The number of rotatable bonds is 4. The van der Waals surface area contributed by atoms with E-state index in [1.54, 1.807) is 29.4 Å². The summed E-state index contributed by atoms with van der Waals surface area (Å²) in [6, 6.07) is 3.82. The van der Waals surface area contributed by atoms with E-state index in [2.05, 4.69) is 15.6 Å². The second kappa shape index (κ2) is 5.77. The topological polar surface area (TPSA) is 67.2 Å². The molecule has 1 unspecified atom stereocenters. The summed E-state index contributed by atoms with van der Waals surface area (Å²) in [7, 11) is 0. The van der Waals surface area contributed by atoms with Gasteiger partial charge in [-0.05, 0) is 11.4 Å². The minimum absolute atomic E-state index is 0.0191. The third-order valence-corrected chi connectivity index (χ3v) is 4.56. The fourth-order valence-electron chi connectivity index (χ4n) is 1.77. The maximum absolute atomic E-state index is 11.8. The molecular weight excluding hydrogens is 282 g/mol. The van der Waals surface area contributed by atoms with Crippen LogP contribution >= 0.6 is 23.1 Å². The fourth-order valence-corrected chi connectivity index (χ4v) is 3.36. The van der Waals surface area contributed by atoms with E-state index in [-0.39, 0.29) is 11.9 Å². The van der Waals surface area contributed by atoms with Gasteiger partial charge in [0.05, 0.1) is 23.2 Å². The predicted octanol–water partition coefficient (Wildman–Crippen LogP) is 1.68. The lowest BCUT2D eigenvalue weighted by molar-refractivity contribution is -0.122. The number of nitrogens with one attached hydrogen (secondary N) is 2. The molecule has 3 rings (SSSR count). The number of carbonyl (C=O) groups is 1. The highest BCUT2D eigenvalue weighted by molar-refractivity contribution is 7.99. The highest BCUT2D eigenvalue weighted by Crippen LogP contribution is 2.23. The van der Waals surface area contributed by atoms with Crippen molar-refractivity contribution < 1.29 is 9.21 Å². The lowest BCUT2D eigenvalue weighted by Gasteiger charge is -2.08. The molecule has 0 bridgehead atoms. The number of nitrogens with zero attached hydrogens (tertiary/aromatic N) is 1.